The van der Waals surface area contributed by atoms with Gasteiger partial charge in [0.25, 0.3) is 0 Å². The lowest BCUT2D eigenvalue weighted by atomic mass is 10.4. The summed E-state index contributed by atoms with van der Waals surface area (Å²) in [5.41, 5.74) is 0. The summed E-state index contributed by atoms with van der Waals surface area (Å²) >= 11 is 1.81. The normalized spacial score (nSPS) is 13.0. The van der Waals surface area contributed by atoms with Gasteiger partial charge >= 0.3 is 0 Å². The van der Waals surface area contributed by atoms with Crippen molar-refractivity contribution < 1.29 is 8.42 Å². The van der Waals surface area contributed by atoms with E-state index in [4.69, 9.17) is 0 Å². The van der Waals surface area contributed by atoms with E-state index in [-0.39, 0.29) is 29.7 Å². The third-order valence-corrected chi connectivity index (χ3v) is 5.73. The average molecular weight is 500 g/mol. The highest BCUT2D eigenvalue weighted by Gasteiger charge is 2.06. The zero-order valence-electron chi connectivity index (χ0n) is 15.0. The van der Waals surface area contributed by atoms with Crippen molar-refractivity contribution in [1.29, 1.82) is 0 Å². The first-order valence-corrected chi connectivity index (χ1v) is 10.6. The smallest absolute Gasteiger partial charge is 0.211 e. The second-order valence-corrected chi connectivity index (χ2v) is 8.88. The molecular formula is C16H29IN4O2S2. The number of hydrogen-bond donors (Lipinski definition) is 3. The number of halogens is 1. The van der Waals surface area contributed by atoms with Gasteiger partial charge in [-0.2, -0.15) is 0 Å². The van der Waals surface area contributed by atoms with Gasteiger partial charge in [0.2, 0.25) is 10.0 Å². The Morgan fingerprint density at radius 1 is 1.20 bits per heavy atom. The lowest BCUT2D eigenvalue weighted by molar-refractivity contribution is 0.579. The van der Waals surface area contributed by atoms with Crippen molar-refractivity contribution in [3.05, 3.63) is 30.3 Å². The topological polar surface area (TPSA) is 82.6 Å². The number of nitrogens with zero attached hydrogens (tertiary/aromatic N) is 1. The Hall–Kier alpha value is -0.520. The molecule has 0 radical (unpaired) electrons. The van der Waals surface area contributed by atoms with Crippen LogP contribution in [0.15, 0.2) is 40.2 Å². The number of nitrogens with one attached hydrogen (secondary N) is 3. The Kier molecular flexibility index (Phi) is 13.4. The summed E-state index contributed by atoms with van der Waals surface area (Å²) in [5.74, 6) is 0.842. The van der Waals surface area contributed by atoms with Crippen molar-refractivity contribution in [2.75, 3.05) is 32.4 Å². The quantitative estimate of drug-likeness (QED) is 0.151. The van der Waals surface area contributed by atoms with Gasteiger partial charge in [0, 0.05) is 36.8 Å². The summed E-state index contributed by atoms with van der Waals surface area (Å²) in [6, 6.07) is 10.3. The summed E-state index contributed by atoms with van der Waals surface area (Å²) in [7, 11) is -1.38. The molecule has 9 heteroatoms. The van der Waals surface area contributed by atoms with Crippen LogP contribution in [0.25, 0.3) is 0 Å². The van der Waals surface area contributed by atoms with E-state index < -0.39 is 10.0 Å². The van der Waals surface area contributed by atoms with Crippen LogP contribution >= 0.6 is 35.7 Å². The molecule has 0 amide bonds. The Bertz CT molecular complexity index is 597. The lowest BCUT2D eigenvalue weighted by Gasteiger charge is -2.16. The molecule has 144 valence electrons. The van der Waals surface area contributed by atoms with E-state index in [1.165, 1.54) is 4.90 Å². The molecule has 1 rings (SSSR count). The van der Waals surface area contributed by atoms with E-state index in [2.05, 4.69) is 39.4 Å². The molecule has 0 aliphatic carbocycles. The monoisotopic (exact) mass is 500 g/mol. The molecule has 1 atom stereocenters. The molecule has 6 nitrogen and oxygen atoms in total. The largest absolute Gasteiger partial charge is 0.356 e. The van der Waals surface area contributed by atoms with Crippen LogP contribution in [0, 0.1) is 0 Å². The Morgan fingerprint density at radius 3 is 2.48 bits per heavy atom. The van der Waals surface area contributed by atoms with Crippen molar-refractivity contribution in [2.45, 2.75) is 30.4 Å². The van der Waals surface area contributed by atoms with E-state index in [9.17, 15) is 8.42 Å². The molecule has 0 aliphatic rings. The molecule has 1 unspecified atom stereocenters. The van der Waals surface area contributed by atoms with Gasteiger partial charge in [0.05, 0.1) is 5.75 Å². The van der Waals surface area contributed by atoms with Crippen LogP contribution in [-0.2, 0) is 10.0 Å². The number of rotatable bonds is 10. The lowest BCUT2D eigenvalue weighted by Crippen LogP contribution is -2.41. The maximum absolute atomic E-state index is 11.3. The highest BCUT2D eigenvalue weighted by molar-refractivity contribution is 14.0. The minimum Gasteiger partial charge on any atom is -0.356 e. The third kappa shape index (κ3) is 11.7. The van der Waals surface area contributed by atoms with Crippen molar-refractivity contribution in [3.8, 4) is 0 Å². The predicted octanol–water partition coefficient (Wildman–Crippen LogP) is 2.28. The van der Waals surface area contributed by atoms with Gasteiger partial charge in [-0.05, 0) is 25.5 Å². The van der Waals surface area contributed by atoms with Crippen LogP contribution in [0.4, 0.5) is 0 Å². The molecule has 0 saturated carbocycles. The maximum atomic E-state index is 11.3. The van der Waals surface area contributed by atoms with E-state index in [1.54, 1.807) is 14.0 Å². The molecule has 1 aromatic carbocycles. The zero-order valence-corrected chi connectivity index (χ0v) is 19.0. The van der Waals surface area contributed by atoms with Crippen molar-refractivity contribution in [3.63, 3.8) is 0 Å². The zero-order chi connectivity index (χ0) is 17.8. The van der Waals surface area contributed by atoms with Crippen LogP contribution in [0.3, 0.4) is 0 Å². The molecule has 25 heavy (non-hydrogen) atoms. The van der Waals surface area contributed by atoms with Gasteiger partial charge in [-0.15, -0.1) is 35.7 Å². The first-order chi connectivity index (χ1) is 11.5. The number of benzene rings is 1. The Morgan fingerprint density at radius 2 is 1.88 bits per heavy atom. The van der Waals surface area contributed by atoms with Crippen molar-refractivity contribution in [2.24, 2.45) is 4.99 Å². The van der Waals surface area contributed by atoms with Crippen molar-refractivity contribution >= 4 is 51.7 Å². The molecular weight excluding hydrogens is 471 g/mol. The van der Waals surface area contributed by atoms with Crippen LogP contribution in [0.5, 0.6) is 0 Å². The molecule has 0 saturated heterocycles. The second kappa shape index (κ2) is 13.7. The standard InChI is InChI=1S/C16H28N4O2S2.HI/c1-4-24(21,22)20-12-8-11-18-16(17-3)19-13-14(2)23-15-9-6-5-7-10-15;/h5-7,9-10,14,20H,4,8,11-13H2,1-3H3,(H2,17,18,19);1H. The molecule has 0 spiro atoms. The summed E-state index contributed by atoms with van der Waals surface area (Å²) in [6.45, 7) is 5.67. The van der Waals surface area contributed by atoms with Gasteiger partial charge in [-0.25, -0.2) is 13.1 Å². The second-order valence-electron chi connectivity index (χ2n) is 5.27. The summed E-state index contributed by atoms with van der Waals surface area (Å²) in [4.78, 5) is 5.42. The highest BCUT2D eigenvalue weighted by Crippen LogP contribution is 2.21. The molecule has 1 aromatic rings. The van der Waals surface area contributed by atoms with E-state index in [0.29, 0.717) is 24.8 Å². The van der Waals surface area contributed by atoms with E-state index in [1.807, 2.05) is 30.0 Å². The van der Waals surface area contributed by atoms with Crippen LogP contribution in [0.2, 0.25) is 0 Å². The minimum atomic E-state index is -3.10. The number of hydrogen-bond acceptors (Lipinski definition) is 4. The third-order valence-electron chi connectivity index (χ3n) is 3.21. The van der Waals surface area contributed by atoms with Crippen LogP contribution in [-0.4, -0.2) is 52.1 Å². The van der Waals surface area contributed by atoms with Gasteiger partial charge in [0.15, 0.2) is 5.96 Å². The molecule has 0 bridgehead atoms. The number of thioether (sulfide) groups is 1. The van der Waals surface area contributed by atoms with Gasteiger partial charge in [-0.1, -0.05) is 25.1 Å². The predicted molar refractivity (Wildman–Crippen MR) is 119 cm³/mol. The molecule has 0 fully saturated rings. The van der Waals surface area contributed by atoms with Crippen LogP contribution in [0.1, 0.15) is 20.3 Å². The maximum Gasteiger partial charge on any atom is 0.211 e. The summed E-state index contributed by atoms with van der Waals surface area (Å²) in [6.07, 6.45) is 0.703. The Balaban J connectivity index is 0.00000576. The van der Waals surface area contributed by atoms with Gasteiger partial charge < -0.3 is 10.6 Å². The van der Waals surface area contributed by atoms with Crippen LogP contribution < -0.4 is 15.4 Å². The average Bonchev–Trinajstić information content (AvgIpc) is 2.58. The number of aliphatic imine (C=N–C) groups is 1. The number of sulfonamides is 1. The van der Waals surface area contributed by atoms with Crippen molar-refractivity contribution in [1.82, 2.24) is 15.4 Å². The highest BCUT2D eigenvalue weighted by atomic mass is 127. The fraction of sp³-hybridized carbons (Fsp3) is 0.562. The van der Waals surface area contributed by atoms with E-state index in [0.717, 1.165) is 12.5 Å². The van der Waals surface area contributed by atoms with Gasteiger partial charge in [-0.3, -0.25) is 4.99 Å². The summed E-state index contributed by atoms with van der Waals surface area (Å²) < 4.78 is 25.2. The molecule has 0 aromatic heterocycles. The summed E-state index contributed by atoms with van der Waals surface area (Å²) in [5, 5.41) is 6.88. The fourth-order valence-corrected chi connectivity index (χ4v) is 3.46. The molecule has 0 heterocycles. The minimum absolute atomic E-state index is 0. The first kappa shape index (κ1) is 24.5. The molecule has 3 N–H and O–H groups in total. The SMILES string of the molecule is CCS(=O)(=O)NCCCNC(=NC)NCC(C)Sc1ccccc1.I. The fourth-order valence-electron chi connectivity index (χ4n) is 1.86. The first-order valence-electron chi connectivity index (χ1n) is 8.10. The number of guanidine groups is 1. The van der Waals surface area contributed by atoms with E-state index >= 15 is 0 Å². The van der Waals surface area contributed by atoms with Gasteiger partial charge in [0.1, 0.15) is 0 Å². The molecule has 0 aliphatic heterocycles. The Labute approximate surface area is 173 Å².